The molecule has 36 heavy (non-hydrogen) atoms. The van der Waals surface area contributed by atoms with E-state index in [0.29, 0.717) is 11.3 Å². The summed E-state index contributed by atoms with van der Waals surface area (Å²) in [5.74, 6) is -1.64. The van der Waals surface area contributed by atoms with Crippen LogP contribution in [0.25, 0.3) is 10.9 Å². The third kappa shape index (κ3) is 5.80. The summed E-state index contributed by atoms with van der Waals surface area (Å²) >= 11 is 0. The zero-order valence-electron chi connectivity index (χ0n) is 20.5. The molecule has 188 valence electrons. The number of aliphatic hydroxyl groups is 1. The SMILES string of the molecule is CCc1cccc(CN(C[C@@H](O)[C@@H](N)Cc2cc(F)cc(F)c2)C(=O)c2cc3ccccc3n2C)c1. The fourth-order valence-corrected chi connectivity index (χ4v) is 4.54. The summed E-state index contributed by atoms with van der Waals surface area (Å²) in [5, 5.41) is 11.9. The number of carbonyl (C=O) groups excluding carboxylic acids is 1. The molecule has 4 rings (SSSR count). The van der Waals surface area contributed by atoms with Gasteiger partial charge in [0.2, 0.25) is 0 Å². The first kappa shape index (κ1) is 25.5. The summed E-state index contributed by atoms with van der Waals surface area (Å²) in [6.07, 6.45) is -0.177. The van der Waals surface area contributed by atoms with Crippen LogP contribution < -0.4 is 5.73 Å². The average Bonchev–Trinajstić information content (AvgIpc) is 3.19. The molecule has 1 heterocycles. The molecular formula is C29H31F2N3O2. The van der Waals surface area contributed by atoms with Crippen LogP contribution in [0.3, 0.4) is 0 Å². The fraction of sp³-hybridized carbons (Fsp3) is 0.276. The minimum absolute atomic E-state index is 0.0321. The number of para-hydroxylation sites is 1. The van der Waals surface area contributed by atoms with E-state index in [0.717, 1.165) is 34.5 Å². The van der Waals surface area contributed by atoms with Crippen LogP contribution in [-0.2, 0) is 26.4 Å². The van der Waals surface area contributed by atoms with Crippen LogP contribution in [0.4, 0.5) is 8.78 Å². The summed E-state index contributed by atoms with van der Waals surface area (Å²) in [6, 6.07) is 19.9. The number of carbonyl (C=O) groups is 1. The lowest BCUT2D eigenvalue weighted by Gasteiger charge is -2.28. The maximum atomic E-state index is 13.8. The van der Waals surface area contributed by atoms with Gasteiger partial charge in [-0.1, -0.05) is 49.4 Å². The molecule has 0 fully saturated rings. The molecular weight excluding hydrogens is 460 g/mol. The highest BCUT2D eigenvalue weighted by atomic mass is 19.1. The molecule has 4 aromatic rings. The van der Waals surface area contributed by atoms with Crippen molar-refractivity contribution in [3.63, 3.8) is 0 Å². The predicted octanol–water partition coefficient (Wildman–Crippen LogP) is 4.59. The molecule has 2 atom stereocenters. The third-order valence-corrected chi connectivity index (χ3v) is 6.53. The molecule has 0 unspecified atom stereocenters. The number of hydrogen-bond donors (Lipinski definition) is 2. The van der Waals surface area contributed by atoms with Gasteiger partial charge in [0.25, 0.3) is 5.91 Å². The normalized spacial score (nSPS) is 13.1. The predicted molar refractivity (Wildman–Crippen MR) is 138 cm³/mol. The molecule has 7 heteroatoms. The monoisotopic (exact) mass is 491 g/mol. The molecule has 1 aromatic heterocycles. The Kier molecular flexibility index (Phi) is 7.82. The minimum atomic E-state index is -1.11. The molecule has 3 aromatic carbocycles. The number of aliphatic hydroxyl groups excluding tert-OH is 1. The van der Waals surface area contributed by atoms with Crippen molar-refractivity contribution in [2.24, 2.45) is 12.8 Å². The number of rotatable bonds is 9. The molecule has 0 saturated carbocycles. The van der Waals surface area contributed by atoms with Crippen molar-refractivity contribution >= 4 is 16.8 Å². The van der Waals surface area contributed by atoms with Crippen molar-refractivity contribution in [3.05, 3.63) is 107 Å². The molecule has 1 amide bonds. The maximum absolute atomic E-state index is 13.8. The largest absolute Gasteiger partial charge is 0.390 e. The summed E-state index contributed by atoms with van der Waals surface area (Å²) in [5.41, 5.74) is 10.1. The second kappa shape index (κ2) is 11.0. The van der Waals surface area contributed by atoms with Gasteiger partial charge in [-0.25, -0.2) is 8.78 Å². The van der Waals surface area contributed by atoms with E-state index in [-0.39, 0.29) is 25.4 Å². The number of aryl methyl sites for hydroxylation is 2. The van der Waals surface area contributed by atoms with Gasteiger partial charge in [0.1, 0.15) is 17.3 Å². The van der Waals surface area contributed by atoms with Crippen LogP contribution in [0, 0.1) is 11.6 Å². The van der Waals surface area contributed by atoms with Gasteiger partial charge in [0, 0.05) is 43.1 Å². The number of nitrogens with zero attached hydrogens (tertiary/aromatic N) is 2. The molecule has 0 radical (unpaired) electrons. The second-order valence-electron chi connectivity index (χ2n) is 9.22. The maximum Gasteiger partial charge on any atom is 0.270 e. The average molecular weight is 492 g/mol. The van der Waals surface area contributed by atoms with E-state index in [1.54, 1.807) is 4.90 Å². The first-order valence-electron chi connectivity index (χ1n) is 12.0. The lowest BCUT2D eigenvalue weighted by Crippen LogP contribution is -2.46. The molecule has 0 saturated heterocycles. The highest BCUT2D eigenvalue weighted by molar-refractivity contribution is 5.98. The molecule has 3 N–H and O–H groups in total. The van der Waals surface area contributed by atoms with Gasteiger partial charge >= 0.3 is 0 Å². The van der Waals surface area contributed by atoms with Crippen LogP contribution in [0.15, 0.2) is 72.8 Å². The van der Waals surface area contributed by atoms with E-state index in [4.69, 9.17) is 5.73 Å². The summed E-state index contributed by atoms with van der Waals surface area (Å²) in [4.78, 5) is 15.3. The van der Waals surface area contributed by atoms with Gasteiger partial charge in [-0.2, -0.15) is 0 Å². The smallest absolute Gasteiger partial charge is 0.270 e. The Morgan fingerprint density at radius 2 is 1.67 bits per heavy atom. The molecule has 0 aliphatic heterocycles. The summed E-state index contributed by atoms with van der Waals surface area (Å²) in [6.45, 7) is 2.32. The first-order valence-corrected chi connectivity index (χ1v) is 12.0. The number of hydrogen-bond acceptors (Lipinski definition) is 3. The Labute approximate surface area is 209 Å². The number of benzene rings is 3. The molecule has 0 aliphatic carbocycles. The van der Waals surface area contributed by atoms with Gasteiger partial charge in [-0.15, -0.1) is 0 Å². The van der Waals surface area contributed by atoms with E-state index in [1.807, 2.05) is 66.2 Å². The van der Waals surface area contributed by atoms with E-state index < -0.39 is 23.8 Å². The van der Waals surface area contributed by atoms with Crippen LogP contribution >= 0.6 is 0 Å². The third-order valence-electron chi connectivity index (χ3n) is 6.53. The van der Waals surface area contributed by atoms with Gasteiger partial charge in [-0.05, 0) is 53.8 Å². The van der Waals surface area contributed by atoms with Crippen molar-refractivity contribution in [3.8, 4) is 0 Å². The summed E-state index contributed by atoms with van der Waals surface area (Å²) < 4.78 is 29.1. The Morgan fingerprint density at radius 3 is 2.36 bits per heavy atom. The quantitative estimate of drug-likeness (QED) is 0.360. The molecule has 0 bridgehead atoms. The van der Waals surface area contributed by atoms with E-state index >= 15 is 0 Å². The minimum Gasteiger partial charge on any atom is -0.390 e. The van der Waals surface area contributed by atoms with Crippen LogP contribution in [-0.4, -0.2) is 39.2 Å². The number of halogens is 2. The zero-order chi connectivity index (χ0) is 25.8. The second-order valence-corrected chi connectivity index (χ2v) is 9.22. The lowest BCUT2D eigenvalue weighted by molar-refractivity contribution is 0.0546. The van der Waals surface area contributed by atoms with Gasteiger partial charge in [0.05, 0.1) is 6.10 Å². The number of aromatic nitrogens is 1. The van der Waals surface area contributed by atoms with Crippen molar-refractivity contribution in [1.29, 1.82) is 0 Å². The fourth-order valence-electron chi connectivity index (χ4n) is 4.54. The van der Waals surface area contributed by atoms with E-state index in [2.05, 4.69) is 6.92 Å². The van der Waals surface area contributed by atoms with Gasteiger partial charge < -0.3 is 20.3 Å². The highest BCUT2D eigenvalue weighted by Crippen LogP contribution is 2.21. The Hall–Kier alpha value is -3.55. The van der Waals surface area contributed by atoms with Crippen LogP contribution in [0.5, 0.6) is 0 Å². The van der Waals surface area contributed by atoms with Crippen molar-refractivity contribution < 1.29 is 18.7 Å². The summed E-state index contributed by atoms with van der Waals surface area (Å²) in [7, 11) is 1.84. The first-order chi connectivity index (χ1) is 17.2. The number of fused-ring (bicyclic) bond motifs is 1. The molecule has 0 aliphatic rings. The Bertz CT molecular complexity index is 1350. The van der Waals surface area contributed by atoms with Crippen molar-refractivity contribution in [2.45, 2.75) is 38.5 Å². The number of amides is 1. The van der Waals surface area contributed by atoms with Crippen LogP contribution in [0.2, 0.25) is 0 Å². The van der Waals surface area contributed by atoms with E-state index in [9.17, 15) is 18.7 Å². The van der Waals surface area contributed by atoms with Crippen molar-refractivity contribution in [1.82, 2.24) is 9.47 Å². The number of nitrogens with two attached hydrogens (primary N) is 1. The van der Waals surface area contributed by atoms with Gasteiger partial charge in [-0.3, -0.25) is 4.79 Å². The van der Waals surface area contributed by atoms with Crippen molar-refractivity contribution in [2.75, 3.05) is 6.54 Å². The zero-order valence-corrected chi connectivity index (χ0v) is 20.5. The Morgan fingerprint density at radius 1 is 0.972 bits per heavy atom. The Balaban J connectivity index is 1.60. The molecule has 0 spiro atoms. The molecule has 5 nitrogen and oxygen atoms in total. The lowest BCUT2D eigenvalue weighted by atomic mass is 10.0. The van der Waals surface area contributed by atoms with Crippen LogP contribution in [0.1, 0.15) is 34.1 Å². The van der Waals surface area contributed by atoms with Gasteiger partial charge in [0.15, 0.2) is 0 Å². The van der Waals surface area contributed by atoms with E-state index in [1.165, 1.54) is 12.1 Å². The standard InChI is InChI=1S/C29H31F2N3O2/c1-3-19-7-6-8-20(11-19)17-34(29(36)27-15-22-9-4-5-10-26(22)33(27)2)18-28(35)25(32)14-21-12-23(30)16-24(31)13-21/h4-13,15-16,25,28,35H,3,14,17-18,32H2,1-2H3/t25-,28+/m0/s1. The topological polar surface area (TPSA) is 71.5 Å². The highest BCUT2D eigenvalue weighted by Gasteiger charge is 2.26.